The van der Waals surface area contributed by atoms with Gasteiger partial charge in [-0.2, -0.15) is 0 Å². The zero-order valence-corrected chi connectivity index (χ0v) is 13.6. The second-order valence-corrected chi connectivity index (χ2v) is 7.46. The minimum Gasteiger partial charge on any atom is -0.316 e. The lowest BCUT2D eigenvalue weighted by molar-refractivity contribution is 0.257. The van der Waals surface area contributed by atoms with E-state index in [1.54, 1.807) is 0 Å². The van der Waals surface area contributed by atoms with Crippen LogP contribution in [-0.4, -0.2) is 23.3 Å². The van der Waals surface area contributed by atoms with Crippen LogP contribution in [0.4, 0.5) is 0 Å². The van der Waals surface area contributed by atoms with Crippen LogP contribution in [-0.2, 0) is 0 Å². The lowest BCUT2D eigenvalue weighted by Crippen LogP contribution is -2.44. The Morgan fingerprint density at radius 3 is 2.72 bits per heavy atom. The van der Waals surface area contributed by atoms with Gasteiger partial charge < -0.3 is 5.32 Å². The first-order valence-corrected chi connectivity index (χ1v) is 8.23. The monoisotopic (exact) mass is 328 g/mol. The number of aromatic nitrogens is 1. The second-order valence-electron chi connectivity index (χ2n) is 5.35. The van der Waals surface area contributed by atoms with Crippen molar-refractivity contribution in [3.8, 4) is 0 Å². The summed E-state index contributed by atoms with van der Waals surface area (Å²) in [7, 11) is 2.08. The van der Waals surface area contributed by atoms with E-state index in [1.807, 2.05) is 18.0 Å². The van der Waals surface area contributed by atoms with Crippen LogP contribution in [0.5, 0.6) is 0 Å². The molecular weight excluding hydrogens is 308 g/mol. The smallest absolute Gasteiger partial charge is 0.0964 e. The van der Waals surface area contributed by atoms with Gasteiger partial charge in [0.05, 0.1) is 5.03 Å². The average Bonchev–Trinajstić information content (AvgIpc) is 2.34. The molecule has 1 aliphatic carbocycles. The van der Waals surface area contributed by atoms with Gasteiger partial charge in [0.15, 0.2) is 0 Å². The Hall–Kier alpha value is -0.0600. The maximum absolute atomic E-state index is 4.48. The summed E-state index contributed by atoms with van der Waals surface area (Å²) in [5.74, 6) is 1.56. The molecule has 1 aromatic rings. The lowest BCUT2D eigenvalue weighted by atomic mass is 9.80. The van der Waals surface area contributed by atoms with Gasteiger partial charge >= 0.3 is 0 Å². The summed E-state index contributed by atoms with van der Waals surface area (Å²) in [4.78, 5) is 4.48. The molecule has 4 heteroatoms. The molecule has 1 aromatic heterocycles. The lowest BCUT2D eigenvalue weighted by Gasteiger charge is -2.38. The zero-order chi connectivity index (χ0) is 13.1. The Morgan fingerprint density at radius 2 is 2.11 bits per heavy atom. The Labute approximate surface area is 122 Å². The van der Waals surface area contributed by atoms with Crippen molar-refractivity contribution >= 4 is 27.7 Å². The van der Waals surface area contributed by atoms with Crippen molar-refractivity contribution in [2.45, 2.75) is 43.0 Å². The van der Waals surface area contributed by atoms with Crippen molar-refractivity contribution in [2.75, 3.05) is 7.05 Å². The number of hydrogen-bond acceptors (Lipinski definition) is 3. The van der Waals surface area contributed by atoms with E-state index in [9.17, 15) is 0 Å². The minimum absolute atomic E-state index is 0.596. The Morgan fingerprint density at radius 1 is 1.33 bits per heavy atom. The average molecular weight is 329 g/mol. The standard InChI is InChI=1S/C14H21BrN2S/c1-9-6-10(2)14(12(7-9)16-3)18-13-5-4-11(15)8-17-13/h4-5,8-10,12,14,16H,6-7H2,1-3H3. The molecule has 0 bridgehead atoms. The Kier molecular flexibility index (Phi) is 5.10. The predicted octanol–water partition coefficient (Wildman–Crippen LogP) is 3.96. The summed E-state index contributed by atoms with van der Waals surface area (Å²) in [6, 6.07) is 4.77. The molecule has 0 saturated heterocycles. The van der Waals surface area contributed by atoms with Gasteiger partial charge in [0.1, 0.15) is 0 Å². The quantitative estimate of drug-likeness (QED) is 0.909. The molecule has 2 rings (SSSR count). The molecule has 4 atom stereocenters. The highest BCUT2D eigenvalue weighted by atomic mass is 79.9. The maximum Gasteiger partial charge on any atom is 0.0964 e. The summed E-state index contributed by atoms with van der Waals surface area (Å²) >= 11 is 5.35. The van der Waals surface area contributed by atoms with Crippen LogP contribution in [0.1, 0.15) is 26.7 Å². The van der Waals surface area contributed by atoms with Gasteiger partial charge in [0, 0.05) is 22.0 Å². The highest BCUT2D eigenvalue weighted by Crippen LogP contribution is 2.39. The summed E-state index contributed by atoms with van der Waals surface area (Å²) in [5.41, 5.74) is 0. The van der Waals surface area contributed by atoms with E-state index in [0.29, 0.717) is 11.3 Å². The third-order valence-corrected chi connectivity index (χ3v) is 5.73. The number of nitrogens with one attached hydrogen (secondary N) is 1. The topological polar surface area (TPSA) is 24.9 Å². The fourth-order valence-electron chi connectivity index (χ4n) is 2.88. The molecule has 1 saturated carbocycles. The summed E-state index contributed by atoms with van der Waals surface area (Å²) in [6.07, 6.45) is 4.48. The Balaban J connectivity index is 2.08. The maximum atomic E-state index is 4.48. The van der Waals surface area contributed by atoms with Crippen molar-refractivity contribution in [1.29, 1.82) is 0 Å². The summed E-state index contributed by atoms with van der Waals surface area (Å²) in [5, 5.41) is 5.24. The van der Waals surface area contributed by atoms with Crippen molar-refractivity contribution in [3.63, 3.8) is 0 Å². The molecule has 2 nitrogen and oxygen atoms in total. The third-order valence-electron chi connectivity index (χ3n) is 3.72. The second kappa shape index (κ2) is 6.40. The number of pyridine rings is 1. The molecule has 1 fully saturated rings. The minimum atomic E-state index is 0.596. The number of rotatable bonds is 3. The van der Waals surface area contributed by atoms with E-state index in [4.69, 9.17) is 0 Å². The summed E-state index contributed by atoms with van der Waals surface area (Å²) in [6.45, 7) is 4.73. The van der Waals surface area contributed by atoms with Gasteiger partial charge in [-0.25, -0.2) is 4.98 Å². The van der Waals surface area contributed by atoms with Gasteiger partial charge in [-0.3, -0.25) is 0 Å². The van der Waals surface area contributed by atoms with Crippen LogP contribution in [0.25, 0.3) is 0 Å². The molecule has 1 aliphatic rings. The molecule has 1 N–H and O–H groups in total. The molecule has 4 unspecified atom stereocenters. The van der Waals surface area contributed by atoms with E-state index in [0.717, 1.165) is 21.3 Å². The fourth-order valence-corrected chi connectivity index (χ4v) is 4.41. The largest absolute Gasteiger partial charge is 0.316 e. The summed E-state index contributed by atoms with van der Waals surface area (Å²) < 4.78 is 1.04. The van der Waals surface area contributed by atoms with Gasteiger partial charge in [0.25, 0.3) is 0 Å². The number of halogens is 1. The van der Waals surface area contributed by atoms with Gasteiger partial charge in [-0.15, -0.1) is 11.8 Å². The number of thioether (sulfide) groups is 1. The van der Waals surface area contributed by atoms with Crippen LogP contribution in [0.15, 0.2) is 27.8 Å². The molecule has 1 heterocycles. The van der Waals surface area contributed by atoms with Gasteiger partial charge in [-0.1, -0.05) is 13.8 Å². The first-order valence-electron chi connectivity index (χ1n) is 6.55. The molecule has 0 radical (unpaired) electrons. The zero-order valence-electron chi connectivity index (χ0n) is 11.2. The van der Waals surface area contributed by atoms with Crippen LogP contribution >= 0.6 is 27.7 Å². The predicted molar refractivity (Wildman–Crippen MR) is 82.0 cm³/mol. The van der Waals surface area contributed by atoms with Crippen molar-refractivity contribution in [3.05, 3.63) is 22.8 Å². The first-order chi connectivity index (χ1) is 8.60. The van der Waals surface area contributed by atoms with E-state index in [2.05, 4.69) is 59.3 Å². The SMILES string of the molecule is CNC1CC(C)CC(C)C1Sc1ccc(Br)cn1. The van der Waals surface area contributed by atoms with Crippen molar-refractivity contribution < 1.29 is 0 Å². The normalized spacial score (nSPS) is 32.4. The van der Waals surface area contributed by atoms with Gasteiger partial charge in [0.2, 0.25) is 0 Å². The molecule has 100 valence electrons. The molecule has 0 amide bonds. The number of hydrogen-bond donors (Lipinski definition) is 1. The highest BCUT2D eigenvalue weighted by Gasteiger charge is 2.33. The fraction of sp³-hybridized carbons (Fsp3) is 0.643. The van der Waals surface area contributed by atoms with E-state index in [-0.39, 0.29) is 0 Å². The molecule has 0 aliphatic heterocycles. The van der Waals surface area contributed by atoms with E-state index in [1.165, 1.54) is 12.8 Å². The number of nitrogens with zero attached hydrogens (tertiary/aromatic N) is 1. The van der Waals surface area contributed by atoms with Crippen LogP contribution in [0.2, 0.25) is 0 Å². The highest BCUT2D eigenvalue weighted by molar-refractivity contribution is 9.10. The van der Waals surface area contributed by atoms with Crippen molar-refractivity contribution in [1.82, 2.24) is 10.3 Å². The van der Waals surface area contributed by atoms with Crippen LogP contribution in [0.3, 0.4) is 0 Å². The van der Waals surface area contributed by atoms with Crippen LogP contribution < -0.4 is 5.32 Å². The molecule has 18 heavy (non-hydrogen) atoms. The first kappa shape index (κ1) is 14.4. The van der Waals surface area contributed by atoms with Crippen molar-refractivity contribution in [2.24, 2.45) is 11.8 Å². The molecule has 0 spiro atoms. The van der Waals surface area contributed by atoms with E-state index < -0.39 is 0 Å². The molecular formula is C14H21BrN2S. The Bertz CT molecular complexity index is 382. The molecule has 0 aromatic carbocycles. The van der Waals surface area contributed by atoms with Crippen LogP contribution in [0, 0.1) is 11.8 Å². The third kappa shape index (κ3) is 3.49. The van der Waals surface area contributed by atoms with Gasteiger partial charge in [-0.05, 0) is 59.8 Å². The van der Waals surface area contributed by atoms with E-state index >= 15 is 0 Å².